The minimum absolute atomic E-state index is 0.313. The first-order chi connectivity index (χ1) is 4.25. The van der Waals surface area contributed by atoms with Gasteiger partial charge in [0.1, 0.15) is 15.3 Å². The van der Waals surface area contributed by atoms with Gasteiger partial charge in [-0.3, -0.25) is 0 Å². The summed E-state index contributed by atoms with van der Waals surface area (Å²) in [7, 11) is -0.164. The third-order valence-electron chi connectivity index (χ3n) is 0.759. The van der Waals surface area contributed by atoms with E-state index in [1.165, 1.54) is 0 Å². The van der Waals surface area contributed by atoms with E-state index >= 15 is 0 Å². The maximum Gasteiger partial charge on any atom is 0.197 e. The number of hydrogen-bond acceptors (Lipinski definition) is 3. The number of rotatable bonds is 0. The Bertz CT molecular complexity index is 233. The van der Waals surface area contributed by atoms with Crippen molar-refractivity contribution in [3.8, 4) is 0 Å². The Morgan fingerprint density at radius 3 is 2.56 bits per heavy atom. The molecule has 0 aromatic rings. The molecular weight excluding hydrogens is 180 g/mol. The van der Waals surface area contributed by atoms with Gasteiger partial charge in [-0.25, -0.2) is 4.21 Å². The van der Waals surface area contributed by atoms with Crippen LogP contribution >= 0.6 is 11.6 Å². The molecule has 9 heavy (non-hydrogen) atoms. The van der Waals surface area contributed by atoms with Crippen LogP contribution in [0.1, 0.15) is 6.92 Å². The number of hydrogen-bond donors (Lipinski definition) is 0. The van der Waals surface area contributed by atoms with Crippen molar-refractivity contribution in [1.82, 2.24) is 0 Å². The molecule has 0 N–H and O–H groups in total. The van der Waals surface area contributed by atoms with Crippen molar-refractivity contribution in [3.05, 3.63) is 0 Å². The minimum atomic E-state index is -0.597. The van der Waals surface area contributed by atoms with Crippen molar-refractivity contribution in [2.45, 2.75) is 6.92 Å². The molecule has 3 nitrogen and oxygen atoms in total. The van der Waals surface area contributed by atoms with E-state index in [2.05, 4.69) is 10.2 Å². The fraction of sp³-hybridized carbons (Fsp3) is 0.333. The Hall–Kier alpha value is -0.0000000000000000833. The lowest BCUT2D eigenvalue weighted by molar-refractivity contribution is 0.701. The molecule has 0 aliphatic carbocycles. The van der Waals surface area contributed by atoms with Gasteiger partial charge in [0, 0.05) is 9.45 Å². The Labute approximate surface area is 62.5 Å². The van der Waals surface area contributed by atoms with Crippen LogP contribution in [0.3, 0.4) is 0 Å². The van der Waals surface area contributed by atoms with E-state index in [9.17, 15) is 4.21 Å². The fourth-order valence-corrected chi connectivity index (χ4v) is 2.28. The monoisotopic (exact) mass is 182 g/mol. The maximum atomic E-state index is 10.2. The van der Waals surface area contributed by atoms with Gasteiger partial charge in [0.05, 0.1) is 0 Å². The molecule has 0 bridgehead atoms. The van der Waals surface area contributed by atoms with Gasteiger partial charge in [-0.05, 0) is 6.92 Å². The quantitative estimate of drug-likeness (QED) is 0.543. The molecule has 1 unspecified atom stereocenters. The van der Waals surface area contributed by atoms with Crippen LogP contribution < -0.4 is 0 Å². The molecule has 0 saturated heterocycles. The summed E-state index contributed by atoms with van der Waals surface area (Å²) in [5, 5.41) is 7.87. The predicted octanol–water partition coefficient (Wildman–Crippen LogP) is 0.675. The van der Waals surface area contributed by atoms with E-state index in [-0.39, 0.29) is 0 Å². The zero-order valence-corrected chi connectivity index (χ0v) is 6.89. The van der Waals surface area contributed by atoms with E-state index < -0.39 is 9.45 Å². The van der Waals surface area contributed by atoms with Crippen LogP contribution in [0.2, 0.25) is 0 Å². The Balaban J connectivity index is 3.11. The van der Waals surface area contributed by atoms with Crippen LogP contribution in [0.15, 0.2) is 10.2 Å². The largest absolute Gasteiger partial charge is 0.205 e. The van der Waals surface area contributed by atoms with Crippen LogP contribution in [0, 0.1) is 0 Å². The summed E-state index contributed by atoms with van der Waals surface area (Å²) in [4.78, 5) is 0. The van der Waals surface area contributed by atoms with Gasteiger partial charge >= 0.3 is 0 Å². The molecule has 1 aliphatic rings. The Morgan fingerprint density at radius 1 is 1.67 bits per heavy atom. The van der Waals surface area contributed by atoms with Gasteiger partial charge < -0.3 is 0 Å². The average Bonchev–Trinajstić information content (AvgIpc) is 2.12. The topological polar surface area (TPSA) is 41.8 Å². The molecule has 0 aromatic carbocycles. The van der Waals surface area contributed by atoms with Crippen molar-refractivity contribution < 1.29 is 4.21 Å². The third kappa shape index (κ3) is 1.28. The van der Waals surface area contributed by atoms with Crippen LogP contribution in [0.25, 0.3) is 0 Å². The summed E-state index contributed by atoms with van der Waals surface area (Å²) in [5.74, 6) is 0. The highest BCUT2D eigenvalue weighted by Crippen LogP contribution is 2.06. The van der Waals surface area contributed by atoms with E-state index in [0.717, 1.165) is 0 Å². The summed E-state index contributed by atoms with van der Waals surface area (Å²) in [6.07, 6.45) is 0. The molecular formula is C3H3ClN2OS2. The molecule has 0 aromatic heterocycles. The normalized spacial score (nSPS) is 25.3. The lowest BCUT2D eigenvalue weighted by Crippen LogP contribution is -2.01. The van der Waals surface area contributed by atoms with Gasteiger partial charge in [0.15, 0.2) is 4.50 Å². The van der Waals surface area contributed by atoms with Crippen molar-refractivity contribution in [3.63, 3.8) is 0 Å². The van der Waals surface area contributed by atoms with E-state index in [4.69, 9.17) is 11.6 Å². The van der Waals surface area contributed by atoms with Gasteiger partial charge in [0.25, 0.3) is 0 Å². The predicted molar refractivity (Wildman–Crippen MR) is 41.9 cm³/mol. The smallest absolute Gasteiger partial charge is 0.197 e. The minimum Gasteiger partial charge on any atom is -0.205 e. The van der Waals surface area contributed by atoms with Crippen molar-refractivity contribution in [2.24, 2.45) is 10.2 Å². The summed E-state index contributed by atoms with van der Waals surface area (Å²) in [6, 6.07) is 0. The molecule has 0 spiro atoms. The average molecular weight is 183 g/mol. The molecule has 0 amide bonds. The molecule has 6 heteroatoms. The van der Waals surface area contributed by atoms with Crippen LogP contribution in [-0.2, 0) is 19.7 Å². The summed E-state index contributed by atoms with van der Waals surface area (Å²) < 4.78 is 10.5. The molecule has 0 radical (unpaired) electrons. The molecule has 1 atom stereocenters. The Kier molecular flexibility index (Phi) is 2.15. The first-order valence-corrected chi connectivity index (χ1v) is 4.94. The van der Waals surface area contributed by atoms with Crippen LogP contribution in [0.4, 0.5) is 0 Å². The van der Waals surface area contributed by atoms with Crippen LogP contribution in [0.5, 0.6) is 0 Å². The zero-order chi connectivity index (χ0) is 6.85. The fourth-order valence-electron chi connectivity index (χ4n) is 0.383. The second kappa shape index (κ2) is 2.72. The van der Waals surface area contributed by atoms with Gasteiger partial charge in [-0.2, -0.15) is 0 Å². The van der Waals surface area contributed by atoms with Crippen LogP contribution in [-0.4, -0.2) is 13.8 Å². The lowest BCUT2D eigenvalue weighted by atomic mass is 10.9. The molecule has 0 saturated carbocycles. The first kappa shape index (κ1) is 7.11. The summed E-state index contributed by atoms with van der Waals surface area (Å²) in [6.45, 7) is 1.74. The first-order valence-electron chi connectivity index (χ1n) is 2.08. The van der Waals surface area contributed by atoms with Crippen molar-refractivity contribution in [1.29, 1.82) is 0 Å². The molecule has 1 rings (SSSR count). The second-order valence-electron chi connectivity index (χ2n) is 1.31. The van der Waals surface area contributed by atoms with Crippen molar-refractivity contribution in [2.75, 3.05) is 0 Å². The molecule has 0 fully saturated rings. The third-order valence-corrected chi connectivity index (χ3v) is 4.32. The molecule has 50 valence electrons. The highest BCUT2D eigenvalue weighted by molar-refractivity contribution is 8.49. The zero-order valence-electron chi connectivity index (χ0n) is 4.50. The second-order valence-corrected chi connectivity index (χ2v) is 4.95. The maximum absolute atomic E-state index is 10.2. The number of nitrogens with zero attached hydrogens (tertiary/aromatic N) is 2. The van der Waals surface area contributed by atoms with Crippen molar-refractivity contribution >= 4 is 40.8 Å². The highest BCUT2D eigenvalue weighted by atomic mass is 35.5. The van der Waals surface area contributed by atoms with Gasteiger partial charge in [0.2, 0.25) is 0 Å². The highest BCUT2D eigenvalue weighted by Gasteiger charge is 2.12. The standard InChI is InChI=1S/C3H3ClN2OS2/c1-2-5-6-3(4)9(2)8-7/h1H3. The summed E-state index contributed by atoms with van der Waals surface area (Å²) >= 11 is 5.50. The lowest BCUT2D eigenvalue weighted by Gasteiger charge is -1.85. The SMILES string of the molecule is CC1=NN=C(Cl)S1=S=O. The van der Waals surface area contributed by atoms with E-state index in [1.54, 1.807) is 6.92 Å². The van der Waals surface area contributed by atoms with E-state index in [0.29, 0.717) is 19.8 Å². The molecule has 1 aliphatic heterocycles. The number of halogens is 1. The van der Waals surface area contributed by atoms with E-state index in [1.807, 2.05) is 0 Å². The van der Waals surface area contributed by atoms with Gasteiger partial charge in [-0.1, -0.05) is 11.6 Å². The Morgan fingerprint density at radius 2 is 2.33 bits per heavy atom. The summed E-state index contributed by atoms with van der Waals surface area (Å²) in [5.41, 5.74) is 0. The molecule has 1 heterocycles. The van der Waals surface area contributed by atoms with Gasteiger partial charge in [-0.15, -0.1) is 10.2 Å².